The van der Waals surface area contributed by atoms with Crippen LogP contribution in [0.2, 0.25) is 5.02 Å². The zero-order chi connectivity index (χ0) is 11.5. The van der Waals surface area contributed by atoms with Crippen molar-refractivity contribution in [2.75, 3.05) is 7.05 Å². The minimum atomic E-state index is -0.541. The van der Waals surface area contributed by atoms with Crippen molar-refractivity contribution in [1.29, 1.82) is 5.26 Å². The van der Waals surface area contributed by atoms with Gasteiger partial charge in [0.05, 0.1) is 11.5 Å². The molecule has 0 aliphatic rings. The standard InChI is InChI=1S/C12H15ClN2/c1-12(2,8-14)10-6-9(7-15-3)4-5-11(10)13/h4-6,15H,7H2,1-3H3. The van der Waals surface area contributed by atoms with E-state index in [1.54, 1.807) is 0 Å². The largest absolute Gasteiger partial charge is 0.316 e. The number of halogens is 1. The molecule has 80 valence electrons. The van der Waals surface area contributed by atoms with Crippen LogP contribution in [0.5, 0.6) is 0 Å². The molecular formula is C12H15ClN2. The van der Waals surface area contributed by atoms with Gasteiger partial charge < -0.3 is 5.32 Å². The van der Waals surface area contributed by atoms with E-state index in [2.05, 4.69) is 11.4 Å². The van der Waals surface area contributed by atoms with E-state index in [-0.39, 0.29) is 0 Å². The summed E-state index contributed by atoms with van der Waals surface area (Å²) in [6, 6.07) is 8.07. The van der Waals surface area contributed by atoms with Crippen LogP contribution < -0.4 is 5.32 Å². The van der Waals surface area contributed by atoms with Gasteiger partial charge in [-0.25, -0.2) is 0 Å². The van der Waals surface area contributed by atoms with Crippen LogP contribution in [0.1, 0.15) is 25.0 Å². The first-order chi connectivity index (χ1) is 7.01. The fraction of sp³-hybridized carbons (Fsp3) is 0.417. The number of hydrogen-bond acceptors (Lipinski definition) is 2. The Kier molecular flexibility index (Phi) is 3.73. The molecule has 1 rings (SSSR count). The third kappa shape index (κ3) is 2.71. The smallest absolute Gasteiger partial charge is 0.0780 e. The summed E-state index contributed by atoms with van der Waals surface area (Å²) in [5.41, 5.74) is 1.49. The van der Waals surface area contributed by atoms with E-state index in [4.69, 9.17) is 16.9 Å². The summed E-state index contributed by atoms with van der Waals surface area (Å²) in [5.74, 6) is 0. The summed E-state index contributed by atoms with van der Waals surface area (Å²) in [7, 11) is 1.89. The second-order valence-electron chi connectivity index (χ2n) is 4.08. The average molecular weight is 223 g/mol. The predicted octanol–water partition coefficient (Wildman–Crippen LogP) is 2.86. The van der Waals surface area contributed by atoms with Gasteiger partial charge in [-0.1, -0.05) is 23.7 Å². The molecule has 0 spiro atoms. The van der Waals surface area contributed by atoms with E-state index in [0.29, 0.717) is 5.02 Å². The Morgan fingerprint density at radius 2 is 2.13 bits per heavy atom. The third-order valence-electron chi connectivity index (χ3n) is 2.36. The van der Waals surface area contributed by atoms with Gasteiger partial charge in [-0.05, 0) is 38.1 Å². The third-order valence-corrected chi connectivity index (χ3v) is 2.69. The van der Waals surface area contributed by atoms with Crippen LogP contribution in [0.3, 0.4) is 0 Å². The van der Waals surface area contributed by atoms with Crippen molar-refractivity contribution in [3.05, 3.63) is 34.3 Å². The Morgan fingerprint density at radius 1 is 1.47 bits per heavy atom. The van der Waals surface area contributed by atoms with Gasteiger partial charge in [0.1, 0.15) is 0 Å². The van der Waals surface area contributed by atoms with Crippen LogP contribution in [0.4, 0.5) is 0 Å². The fourth-order valence-corrected chi connectivity index (χ4v) is 1.78. The molecule has 1 aromatic carbocycles. The molecule has 2 nitrogen and oxygen atoms in total. The topological polar surface area (TPSA) is 35.8 Å². The van der Waals surface area contributed by atoms with Gasteiger partial charge in [-0.3, -0.25) is 0 Å². The Hall–Kier alpha value is -1.04. The normalized spacial score (nSPS) is 11.1. The zero-order valence-electron chi connectivity index (χ0n) is 9.26. The number of rotatable bonds is 3. The highest BCUT2D eigenvalue weighted by Crippen LogP contribution is 2.30. The first kappa shape index (κ1) is 12.0. The molecule has 0 atom stereocenters. The Bertz CT molecular complexity index is 391. The minimum Gasteiger partial charge on any atom is -0.316 e. The second-order valence-corrected chi connectivity index (χ2v) is 4.49. The maximum atomic E-state index is 9.07. The lowest BCUT2D eigenvalue weighted by molar-refractivity contribution is 0.683. The highest BCUT2D eigenvalue weighted by molar-refractivity contribution is 6.31. The molecule has 0 aliphatic carbocycles. The van der Waals surface area contributed by atoms with Crippen molar-refractivity contribution >= 4 is 11.6 Å². The van der Waals surface area contributed by atoms with Gasteiger partial charge >= 0.3 is 0 Å². The molecule has 0 heterocycles. The highest BCUT2D eigenvalue weighted by atomic mass is 35.5. The molecule has 0 aromatic heterocycles. The molecule has 1 aromatic rings. The van der Waals surface area contributed by atoms with E-state index < -0.39 is 5.41 Å². The molecule has 0 saturated heterocycles. The molecule has 0 amide bonds. The summed E-state index contributed by atoms with van der Waals surface area (Å²) in [6.07, 6.45) is 0. The molecule has 3 heteroatoms. The molecule has 1 N–H and O–H groups in total. The number of hydrogen-bond donors (Lipinski definition) is 1. The van der Waals surface area contributed by atoms with E-state index in [1.165, 1.54) is 0 Å². The number of nitriles is 1. The van der Waals surface area contributed by atoms with E-state index in [9.17, 15) is 0 Å². The van der Waals surface area contributed by atoms with Crippen molar-refractivity contribution in [2.45, 2.75) is 25.8 Å². The maximum absolute atomic E-state index is 9.07. The second kappa shape index (κ2) is 4.65. The van der Waals surface area contributed by atoms with Crippen LogP contribution in [0.25, 0.3) is 0 Å². The van der Waals surface area contributed by atoms with Gasteiger partial charge in [0, 0.05) is 11.6 Å². The monoisotopic (exact) mass is 222 g/mol. The van der Waals surface area contributed by atoms with Crippen LogP contribution in [-0.2, 0) is 12.0 Å². The van der Waals surface area contributed by atoms with Crippen LogP contribution >= 0.6 is 11.6 Å². The highest BCUT2D eigenvalue weighted by Gasteiger charge is 2.22. The maximum Gasteiger partial charge on any atom is 0.0780 e. The van der Waals surface area contributed by atoms with Crippen LogP contribution in [-0.4, -0.2) is 7.05 Å². The lowest BCUT2D eigenvalue weighted by atomic mass is 9.85. The fourth-order valence-electron chi connectivity index (χ4n) is 1.43. The summed E-state index contributed by atoms with van der Waals surface area (Å²) in [4.78, 5) is 0. The molecular weight excluding hydrogens is 208 g/mol. The molecule has 0 unspecified atom stereocenters. The first-order valence-corrected chi connectivity index (χ1v) is 5.24. The molecule has 15 heavy (non-hydrogen) atoms. The molecule has 0 aliphatic heterocycles. The van der Waals surface area contributed by atoms with E-state index in [0.717, 1.165) is 17.7 Å². The summed E-state index contributed by atoms with van der Waals surface area (Å²) in [6.45, 7) is 4.53. The van der Waals surface area contributed by atoms with Crippen molar-refractivity contribution in [3.8, 4) is 6.07 Å². The summed E-state index contributed by atoms with van der Waals surface area (Å²) < 4.78 is 0. The van der Waals surface area contributed by atoms with Crippen LogP contribution in [0, 0.1) is 11.3 Å². The Morgan fingerprint density at radius 3 is 2.67 bits per heavy atom. The molecule has 0 saturated carbocycles. The van der Waals surface area contributed by atoms with Gasteiger partial charge in [-0.15, -0.1) is 0 Å². The molecule has 0 radical (unpaired) electrons. The van der Waals surface area contributed by atoms with E-state index >= 15 is 0 Å². The average Bonchev–Trinajstić information content (AvgIpc) is 2.21. The van der Waals surface area contributed by atoms with Gasteiger partial charge in [0.2, 0.25) is 0 Å². The Balaban J connectivity index is 3.17. The number of nitrogens with zero attached hydrogens (tertiary/aromatic N) is 1. The SMILES string of the molecule is CNCc1ccc(Cl)c(C(C)(C)C#N)c1. The quantitative estimate of drug-likeness (QED) is 0.854. The lowest BCUT2D eigenvalue weighted by Crippen LogP contribution is -2.15. The number of benzene rings is 1. The summed E-state index contributed by atoms with van der Waals surface area (Å²) >= 11 is 6.09. The van der Waals surface area contributed by atoms with E-state index in [1.807, 2.05) is 39.1 Å². The van der Waals surface area contributed by atoms with Crippen molar-refractivity contribution < 1.29 is 0 Å². The lowest BCUT2D eigenvalue weighted by Gasteiger charge is -2.18. The van der Waals surface area contributed by atoms with Gasteiger partial charge in [0.15, 0.2) is 0 Å². The van der Waals surface area contributed by atoms with Crippen molar-refractivity contribution in [2.24, 2.45) is 0 Å². The minimum absolute atomic E-state index is 0.541. The van der Waals surface area contributed by atoms with Crippen molar-refractivity contribution in [1.82, 2.24) is 5.32 Å². The van der Waals surface area contributed by atoms with Gasteiger partial charge in [-0.2, -0.15) is 5.26 Å². The summed E-state index contributed by atoms with van der Waals surface area (Å²) in [5, 5.41) is 12.8. The Labute approximate surface area is 95.9 Å². The van der Waals surface area contributed by atoms with Crippen molar-refractivity contribution in [3.63, 3.8) is 0 Å². The van der Waals surface area contributed by atoms with Crippen LogP contribution in [0.15, 0.2) is 18.2 Å². The molecule has 0 bridgehead atoms. The number of nitrogens with one attached hydrogen (secondary N) is 1. The zero-order valence-corrected chi connectivity index (χ0v) is 10.0. The molecule has 0 fully saturated rings. The first-order valence-electron chi connectivity index (χ1n) is 4.86. The predicted molar refractivity (Wildman–Crippen MR) is 62.9 cm³/mol. The van der Waals surface area contributed by atoms with Gasteiger partial charge in [0.25, 0.3) is 0 Å².